The van der Waals surface area contributed by atoms with Crippen molar-refractivity contribution in [1.82, 2.24) is 10.3 Å². The molecule has 0 fully saturated rings. The Morgan fingerprint density at radius 1 is 1.21 bits per heavy atom. The van der Waals surface area contributed by atoms with E-state index in [4.69, 9.17) is 14.9 Å². The number of ether oxygens (including phenoxy) is 1. The molecule has 2 rings (SSSR count). The van der Waals surface area contributed by atoms with Gasteiger partial charge in [0, 0.05) is 13.0 Å². The Morgan fingerprint density at radius 3 is 2.55 bits per heavy atom. The van der Waals surface area contributed by atoms with Crippen molar-refractivity contribution in [2.75, 3.05) is 6.54 Å². The van der Waals surface area contributed by atoms with Crippen molar-refractivity contribution >= 4 is 17.7 Å². The second kappa shape index (κ2) is 9.97. The molecule has 1 heterocycles. The third-order valence-electron chi connectivity index (χ3n) is 3.92. The highest BCUT2D eigenvalue weighted by Crippen LogP contribution is 2.16. The zero-order valence-corrected chi connectivity index (χ0v) is 16.9. The summed E-state index contributed by atoms with van der Waals surface area (Å²) in [6, 6.07) is 9.07. The van der Waals surface area contributed by atoms with Crippen LogP contribution in [0.3, 0.4) is 0 Å². The summed E-state index contributed by atoms with van der Waals surface area (Å²) in [7, 11) is 0. The number of nitrogens with one attached hydrogen (secondary N) is 1. The molecule has 1 atom stereocenters. The van der Waals surface area contributed by atoms with Crippen molar-refractivity contribution in [3.63, 3.8) is 0 Å². The zero-order valence-electron chi connectivity index (χ0n) is 16.9. The quantitative estimate of drug-likeness (QED) is 0.488. The first-order chi connectivity index (χ1) is 13.7. The molecule has 8 heteroatoms. The second-order valence-electron chi connectivity index (χ2n) is 7.63. The third-order valence-corrected chi connectivity index (χ3v) is 3.92. The van der Waals surface area contributed by atoms with Gasteiger partial charge in [-0.15, -0.1) is 0 Å². The second-order valence-corrected chi connectivity index (χ2v) is 7.63. The molecule has 2 aromatic rings. The zero-order chi connectivity index (χ0) is 21.4. The number of aromatic nitrogens is 1. The lowest BCUT2D eigenvalue weighted by Crippen LogP contribution is -2.29. The number of esters is 1. The summed E-state index contributed by atoms with van der Waals surface area (Å²) < 4.78 is 10.3. The van der Waals surface area contributed by atoms with Crippen molar-refractivity contribution in [3.05, 3.63) is 53.7 Å². The molecule has 1 aromatic carbocycles. The van der Waals surface area contributed by atoms with E-state index in [0.29, 0.717) is 13.0 Å². The summed E-state index contributed by atoms with van der Waals surface area (Å²) >= 11 is 0. The molecule has 3 N–H and O–H groups in total. The van der Waals surface area contributed by atoms with Gasteiger partial charge >= 0.3 is 5.97 Å². The van der Waals surface area contributed by atoms with Gasteiger partial charge in [-0.25, -0.2) is 9.78 Å². The number of hydrogen-bond donors (Lipinski definition) is 2. The maximum absolute atomic E-state index is 12.2. The van der Waals surface area contributed by atoms with Crippen LogP contribution in [0.25, 0.3) is 0 Å². The van der Waals surface area contributed by atoms with Crippen molar-refractivity contribution in [1.29, 1.82) is 0 Å². The first-order valence-corrected chi connectivity index (χ1v) is 9.45. The van der Waals surface area contributed by atoms with Gasteiger partial charge in [-0.05, 0) is 39.2 Å². The first-order valence-electron chi connectivity index (χ1n) is 9.45. The molecule has 0 bridgehead atoms. The summed E-state index contributed by atoms with van der Waals surface area (Å²) in [4.78, 5) is 39.8. The van der Waals surface area contributed by atoms with E-state index >= 15 is 0 Å². The molecule has 1 amide bonds. The third kappa shape index (κ3) is 7.50. The highest BCUT2D eigenvalue weighted by atomic mass is 16.6. The fourth-order valence-corrected chi connectivity index (χ4v) is 2.46. The molecule has 29 heavy (non-hydrogen) atoms. The number of hydrogen-bond acceptors (Lipinski definition) is 7. The van der Waals surface area contributed by atoms with Crippen LogP contribution in [0.4, 0.5) is 0 Å². The highest BCUT2D eigenvalue weighted by molar-refractivity contribution is 6.33. The highest BCUT2D eigenvalue weighted by Gasteiger charge is 2.24. The summed E-state index contributed by atoms with van der Waals surface area (Å²) in [5.41, 5.74) is 6.46. The van der Waals surface area contributed by atoms with Crippen molar-refractivity contribution < 1.29 is 23.5 Å². The Labute approximate surface area is 169 Å². The van der Waals surface area contributed by atoms with Crippen LogP contribution in [0, 0.1) is 0 Å². The largest absolute Gasteiger partial charge is 0.454 e. The van der Waals surface area contributed by atoms with Gasteiger partial charge < -0.3 is 20.2 Å². The number of Topliss-reactive ketones (excluding diaryl/α,β-unsaturated/α-hetero) is 1. The lowest BCUT2D eigenvalue weighted by molar-refractivity contribution is -0.162. The molecule has 0 aliphatic rings. The van der Waals surface area contributed by atoms with Gasteiger partial charge in [-0.1, -0.05) is 30.3 Å². The van der Waals surface area contributed by atoms with Gasteiger partial charge in [-0.3, -0.25) is 9.59 Å². The predicted octanol–water partition coefficient (Wildman–Crippen LogP) is 2.34. The number of carbonyl (C=O) groups excluding carboxylic acids is 3. The normalized spacial score (nSPS) is 12.3. The van der Waals surface area contributed by atoms with Gasteiger partial charge in [0.2, 0.25) is 11.7 Å². The van der Waals surface area contributed by atoms with Crippen LogP contribution in [0.1, 0.15) is 61.6 Å². The number of benzene rings is 1. The smallest absolute Gasteiger partial charge is 0.375 e. The SMILES string of the molecule is CC(C)(C)OC(=O)C(=O)CCC(N)c1nc(C(=O)NCCc2ccccc2)co1. The number of oxazole rings is 1. The molecule has 0 aliphatic carbocycles. The lowest BCUT2D eigenvalue weighted by atomic mass is 10.1. The maximum Gasteiger partial charge on any atom is 0.375 e. The summed E-state index contributed by atoms with van der Waals surface area (Å²) in [5, 5.41) is 2.77. The Kier molecular flexibility index (Phi) is 7.67. The minimum atomic E-state index is -0.893. The van der Waals surface area contributed by atoms with Crippen molar-refractivity contribution in [3.8, 4) is 0 Å². The average Bonchev–Trinajstić information content (AvgIpc) is 3.15. The summed E-state index contributed by atoms with van der Waals surface area (Å²) in [5.74, 6) is -1.79. The van der Waals surface area contributed by atoms with E-state index in [-0.39, 0.29) is 30.3 Å². The van der Waals surface area contributed by atoms with Gasteiger partial charge in [0.05, 0.1) is 6.04 Å². The van der Waals surface area contributed by atoms with Gasteiger partial charge in [0.1, 0.15) is 11.9 Å². The van der Waals surface area contributed by atoms with E-state index in [1.165, 1.54) is 6.26 Å². The van der Waals surface area contributed by atoms with Crippen molar-refractivity contribution in [2.24, 2.45) is 5.73 Å². The van der Waals surface area contributed by atoms with Crippen LogP contribution < -0.4 is 11.1 Å². The molecule has 0 saturated carbocycles. The van der Waals surface area contributed by atoms with Crippen LogP contribution in [0.2, 0.25) is 0 Å². The summed E-state index contributed by atoms with van der Waals surface area (Å²) in [6.07, 6.45) is 1.97. The van der Waals surface area contributed by atoms with E-state index in [9.17, 15) is 14.4 Å². The first kappa shape index (κ1) is 22.3. The summed E-state index contributed by atoms with van der Waals surface area (Å²) in [6.45, 7) is 5.51. The Bertz CT molecular complexity index is 840. The van der Waals surface area contributed by atoms with Gasteiger partial charge in [0.15, 0.2) is 5.69 Å². The van der Waals surface area contributed by atoms with E-state index in [1.807, 2.05) is 30.3 Å². The number of nitrogens with two attached hydrogens (primary N) is 1. The van der Waals surface area contributed by atoms with E-state index in [1.54, 1.807) is 20.8 Å². The monoisotopic (exact) mass is 401 g/mol. The molecule has 0 aliphatic heterocycles. The molecular formula is C21H27N3O5. The lowest BCUT2D eigenvalue weighted by Gasteiger charge is -2.18. The Hall–Kier alpha value is -3.00. The number of rotatable bonds is 9. The molecule has 0 radical (unpaired) electrons. The van der Waals surface area contributed by atoms with Crippen LogP contribution in [0.15, 0.2) is 41.0 Å². The van der Waals surface area contributed by atoms with E-state index in [2.05, 4.69) is 10.3 Å². The topological polar surface area (TPSA) is 125 Å². The number of nitrogens with zero attached hydrogens (tertiary/aromatic N) is 1. The molecule has 0 saturated heterocycles. The molecule has 0 spiro atoms. The fraction of sp³-hybridized carbons (Fsp3) is 0.429. The Morgan fingerprint density at radius 2 is 1.90 bits per heavy atom. The van der Waals surface area contributed by atoms with Crippen LogP contribution in [0.5, 0.6) is 0 Å². The minimum Gasteiger partial charge on any atom is -0.454 e. The molecule has 156 valence electrons. The van der Waals surface area contributed by atoms with Crippen LogP contribution in [-0.4, -0.2) is 34.8 Å². The van der Waals surface area contributed by atoms with E-state index < -0.39 is 23.4 Å². The van der Waals surface area contributed by atoms with Crippen LogP contribution in [-0.2, 0) is 20.7 Å². The number of amides is 1. The van der Waals surface area contributed by atoms with Gasteiger partial charge in [0.25, 0.3) is 5.91 Å². The molecule has 8 nitrogen and oxygen atoms in total. The minimum absolute atomic E-state index is 0.100. The molecular weight excluding hydrogens is 374 g/mol. The number of carbonyl (C=O) groups is 3. The fourth-order valence-electron chi connectivity index (χ4n) is 2.46. The average molecular weight is 401 g/mol. The molecule has 1 unspecified atom stereocenters. The van der Waals surface area contributed by atoms with E-state index in [0.717, 1.165) is 5.56 Å². The predicted molar refractivity (Wildman–Crippen MR) is 106 cm³/mol. The molecule has 1 aromatic heterocycles. The van der Waals surface area contributed by atoms with Crippen LogP contribution >= 0.6 is 0 Å². The Balaban J connectivity index is 1.79. The van der Waals surface area contributed by atoms with Gasteiger partial charge in [-0.2, -0.15) is 0 Å². The van der Waals surface area contributed by atoms with Crippen molar-refractivity contribution in [2.45, 2.75) is 51.7 Å². The maximum atomic E-state index is 12.2. The standard InChI is InChI=1S/C21H27N3O5/c1-21(2,3)29-20(27)17(25)10-9-15(22)19-24-16(13-28-19)18(26)23-12-11-14-7-5-4-6-8-14/h4-8,13,15H,9-12,22H2,1-3H3,(H,23,26). The number of ketones is 1.